The van der Waals surface area contributed by atoms with Gasteiger partial charge in [0, 0.05) is 6.54 Å². The number of fused-ring (bicyclic) bond motifs is 1. The molecule has 126 valence electrons. The minimum absolute atomic E-state index is 0.0140. The fraction of sp³-hybridized carbons (Fsp3) is 0.222. The van der Waals surface area contributed by atoms with E-state index in [1.807, 2.05) is 12.1 Å². The van der Waals surface area contributed by atoms with Crippen LogP contribution in [-0.4, -0.2) is 43.7 Å². The van der Waals surface area contributed by atoms with E-state index >= 15 is 0 Å². The SMILES string of the molecule is O=C(c1nnc2ccccc2n1)N1C[C@@H](O)C[C@@H]1c1ccc(F)cc1. The Balaban J connectivity index is 1.67. The topological polar surface area (TPSA) is 79.2 Å². The standard InChI is InChI=1S/C18H15FN4O2/c19-12-7-5-11(6-8-12)16-9-13(24)10-23(16)18(25)17-20-14-3-1-2-4-15(14)21-22-17/h1-8,13,16,24H,9-10H2/t13-,16+/m0/s1. The van der Waals surface area contributed by atoms with Gasteiger partial charge in [-0.3, -0.25) is 4.79 Å². The number of nitrogens with zero attached hydrogens (tertiary/aromatic N) is 4. The van der Waals surface area contributed by atoms with Crippen LogP contribution in [0, 0.1) is 5.82 Å². The number of carbonyl (C=O) groups is 1. The molecule has 0 aliphatic carbocycles. The first-order valence-electron chi connectivity index (χ1n) is 7.96. The third-order valence-electron chi connectivity index (χ3n) is 4.35. The number of aliphatic hydroxyl groups is 1. The summed E-state index contributed by atoms with van der Waals surface area (Å²) in [5.41, 5.74) is 1.95. The van der Waals surface area contributed by atoms with E-state index in [1.165, 1.54) is 17.0 Å². The summed E-state index contributed by atoms with van der Waals surface area (Å²) in [6, 6.07) is 12.7. The molecule has 0 saturated carbocycles. The van der Waals surface area contributed by atoms with Gasteiger partial charge in [0.25, 0.3) is 5.91 Å². The second-order valence-corrected chi connectivity index (χ2v) is 6.04. The van der Waals surface area contributed by atoms with Crippen LogP contribution in [0.1, 0.15) is 28.6 Å². The highest BCUT2D eigenvalue weighted by molar-refractivity contribution is 5.92. The maximum Gasteiger partial charge on any atom is 0.294 e. The van der Waals surface area contributed by atoms with Crippen molar-refractivity contribution >= 4 is 16.9 Å². The van der Waals surface area contributed by atoms with Gasteiger partial charge in [0.1, 0.15) is 11.3 Å². The number of para-hydroxylation sites is 1. The lowest BCUT2D eigenvalue weighted by molar-refractivity contribution is 0.0702. The number of carbonyl (C=O) groups excluding carboxylic acids is 1. The zero-order chi connectivity index (χ0) is 17.4. The number of hydrogen-bond acceptors (Lipinski definition) is 5. The molecular formula is C18H15FN4O2. The molecule has 2 heterocycles. The van der Waals surface area contributed by atoms with Gasteiger partial charge in [0.15, 0.2) is 0 Å². The van der Waals surface area contributed by atoms with Gasteiger partial charge in [-0.15, -0.1) is 10.2 Å². The highest BCUT2D eigenvalue weighted by Crippen LogP contribution is 2.33. The molecule has 3 aromatic rings. The summed E-state index contributed by atoms with van der Waals surface area (Å²) in [5, 5.41) is 18.0. The Kier molecular flexibility index (Phi) is 3.85. The summed E-state index contributed by atoms with van der Waals surface area (Å²) in [7, 11) is 0. The Morgan fingerprint density at radius 2 is 1.80 bits per heavy atom. The van der Waals surface area contributed by atoms with Crippen molar-refractivity contribution in [2.75, 3.05) is 6.54 Å². The van der Waals surface area contributed by atoms with Crippen LogP contribution in [0.5, 0.6) is 0 Å². The molecule has 1 aliphatic rings. The highest BCUT2D eigenvalue weighted by atomic mass is 19.1. The van der Waals surface area contributed by atoms with E-state index in [2.05, 4.69) is 15.2 Å². The number of likely N-dealkylation sites (tertiary alicyclic amines) is 1. The monoisotopic (exact) mass is 338 g/mol. The third-order valence-corrected chi connectivity index (χ3v) is 4.35. The molecule has 2 atom stereocenters. The number of benzene rings is 2. The lowest BCUT2D eigenvalue weighted by Crippen LogP contribution is -2.33. The molecule has 1 aliphatic heterocycles. The van der Waals surface area contributed by atoms with Crippen LogP contribution in [-0.2, 0) is 0 Å². The molecule has 25 heavy (non-hydrogen) atoms. The van der Waals surface area contributed by atoms with Crippen molar-refractivity contribution in [1.82, 2.24) is 20.1 Å². The molecule has 1 amide bonds. The zero-order valence-electron chi connectivity index (χ0n) is 13.2. The summed E-state index contributed by atoms with van der Waals surface area (Å²) in [4.78, 5) is 18.7. The van der Waals surface area contributed by atoms with Gasteiger partial charge in [-0.2, -0.15) is 0 Å². The first-order chi connectivity index (χ1) is 12.1. The third kappa shape index (κ3) is 2.94. The van der Waals surface area contributed by atoms with E-state index < -0.39 is 12.0 Å². The molecule has 0 unspecified atom stereocenters. The number of aliphatic hydroxyl groups excluding tert-OH is 1. The molecule has 0 radical (unpaired) electrons. The smallest absolute Gasteiger partial charge is 0.294 e. The van der Waals surface area contributed by atoms with Crippen molar-refractivity contribution < 1.29 is 14.3 Å². The van der Waals surface area contributed by atoms with Gasteiger partial charge in [-0.1, -0.05) is 24.3 Å². The molecule has 1 fully saturated rings. The molecule has 0 bridgehead atoms. The molecule has 0 spiro atoms. The summed E-state index contributed by atoms with van der Waals surface area (Å²) >= 11 is 0. The van der Waals surface area contributed by atoms with E-state index in [9.17, 15) is 14.3 Å². The largest absolute Gasteiger partial charge is 0.391 e. The number of aromatic nitrogens is 3. The normalized spacial score (nSPS) is 20.2. The quantitative estimate of drug-likeness (QED) is 0.774. The zero-order valence-corrected chi connectivity index (χ0v) is 13.2. The van der Waals surface area contributed by atoms with Crippen molar-refractivity contribution in [3.63, 3.8) is 0 Å². The van der Waals surface area contributed by atoms with Crippen LogP contribution >= 0.6 is 0 Å². The van der Waals surface area contributed by atoms with Crippen molar-refractivity contribution in [3.8, 4) is 0 Å². The Labute approximate surface area is 142 Å². The fourth-order valence-corrected chi connectivity index (χ4v) is 3.14. The summed E-state index contributed by atoms with van der Waals surface area (Å²) in [6.45, 7) is 0.178. The van der Waals surface area contributed by atoms with Crippen LogP contribution in [0.15, 0.2) is 48.5 Å². The minimum Gasteiger partial charge on any atom is -0.391 e. The van der Waals surface area contributed by atoms with Gasteiger partial charge >= 0.3 is 0 Å². The van der Waals surface area contributed by atoms with Gasteiger partial charge in [0.2, 0.25) is 5.82 Å². The Bertz CT molecular complexity index is 932. The maximum absolute atomic E-state index is 13.2. The fourth-order valence-electron chi connectivity index (χ4n) is 3.14. The molecule has 7 heteroatoms. The average molecular weight is 338 g/mol. The molecule has 6 nitrogen and oxygen atoms in total. The second kappa shape index (κ2) is 6.18. The average Bonchev–Trinajstić information content (AvgIpc) is 3.03. The molecule has 1 aromatic heterocycles. The number of halogens is 1. The van der Waals surface area contributed by atoms with E-state index in [0.717, 1.165) is 5.56 Å². The lowest BCUT2D eigenvalue weighted by Gasteiger charge is -2.23. The van der Waals surface area contributed by atoms with Crippen LogP contribution in [0.4, 0.5) is 4.39 Å². The number of β-amino-alcohol motifs (C(OH)–C–C–N with tert-alkyl or cyclic N) is 1. The van der Waals surface area contributed by atoms with Gasteiger partial charge in [-0.25, -0.2) is 9.37 Å². The molecule has 4 rings (SSSR count). The summed E-state index contributed by atoms with van der Waals surface area (Å²) in [6.07, 6.45) is -0.259. The number of rotatable bonds is 2. The van der Waals surface area contributed by atoms with Crippen molar-refractivity contribution in [2.24, 2.45) is 0 Å². The van der Waals surface area contributed by atoms with E-state index in [0.29, 0.717) is 17.5 Å². The maximum atomic E-state index is 13.2. The molecule has 1 N–H and O–H groups in total. The van der Waals surface area contributed by atoms with Gasteiger partial charge < -0.3 is 10.0 Å². The summed E-state index contributed by atoms with van der Waals surface area (Å²) < 4.78 is 13.2. The Hall–Kier alpha value is -2.93. The predicted molar refractivity (Wildman–Crippen MR) is 88.1 cm³/mol. The van der Waals surface area contributed by atoms with Crippen LogP contribution in [0.3, 0.4) is 0 Å². The highest BCUT2D eigenvalue weighted by Gasteiger charge is 2.37. The van der Waals surface area contributed by atoms with E-state index in [-0.39, 0.29) is 24.2 Å². The molecule has 1 saturated heterocycles. The van der Waals surface area contributed by atoms with Crippen molar-refractivity contribution in [1.29, 1.82) is 0 Å². The van der Waals surface area contributed by atoms with Crippen molar-refractivity contribution in [3.05, 3.63) is 65.7 Å². The number of hydrogen-bond donors (Lipinski definition) is 1. The first kappa shape index (κ1) is 15.6. The Morgan fingerprint density at radius 3 is 2.56 bits per heavy atom. The number of amides is 1. The Morgan fingerprint density at radius 1 is 1.08 bits per heavy atom. The lowest BCUT2D eigenvalue weighted by atomic mass is 10.0. The first-order valence-corrected chi connectivity index (χ1v) is 7.96. The van der Waals surface area contributed by atoms with Crippen molar-refractivity contribution in [2.45, 2.75) is 18.6 Å². The molecule has 2 aromatic carbocycles. The van der Waals surface area contributed by atoms with Gasteiger partial charge in [-0.05, 0) is 36.2 Å². The second-order valence-electron chi connectivity index (χ2n) is 6.04. The van der Waals surface area contributed by atoms with E-state index in [1.54, 1.807) is 24.3 Å². The van der Waals surface area contributed by atoms with E-state index in [4.69, 9.17) is 0 Å². The van der Waals surface area contributed by atoms with Crippen LogP contribution < -0.4 is 0 Å². The van der Waals surface area contributed by atoms with Crippen LogP contribution in [0.2, 0.25) is 0 Å². The van der Waals surface area contributed by atoms with Gasteiger partial charge in [0.05, 0.1) is 17.7 Å². The summed E-state index contributed by atoms with van der Waals surface area (Å²) in [5.74, 6) is -0.758. The minimum atomic E-state index is -0.646. The molecular weight excluding hydrogens is 323 g/mol. The van der Waals surface area contributed by atoms with Crippen LogP contribution in [0.25, 0.3) is 11.0 Å². The predicted octanol–water partition coefficient (Wildman–Crippen LogP) is 2.11.